The summed E-state index contributed by atoms with van der Waals surface area (Å²) in [5, 5.41) is 15.9. The molecule has 3 rings (SSSR count). The molecule has 30 heavy (non-hydrogen) atoms. The predicted molar refractivity (Wildman–Crippen MR) is 123 cm³/mol. The Morgan fingerprint density at radius 2 is 1.63 bits per heavy atom. The van der Waals surface area contributed by atoms with Crippen LogP contribution in [0, 0.1) is 14.4 Å². The Hall–Kier alpha value is -1.49. The van der Waals surface area contributed by atoms with Gasteiger partial charge in [0.15, 0.2) is 5.75 Å². The quantitative estimate of drug-likeness (QED) is 0.445. The first kappa shape index (κ1) is 28.5. The van der Waals surface area contributed by atoms with Crippen molar-refractivity contribution >= 4 is 11.6 Å². The molecular weight excluding hydrogens is 473 g/mol. The van der Waals surface area contributed by atoms with Gasteiger partial charge in [0.05, 0.1) is 5.56 Å². The van der Waals surface area contributed by atoms with Crippen LogP contribution in [0.4, 0.5) is 0 Å². The number of rotatable bonds is 5. The van der Waals surface area contributed by atoms with Crippen molar-refractivity contribution in [3.63, 3.8) is 0 Å². The van der Waals surface area contributed by atoms with Gasteiger partial charge in [0.2, 0.25) is 0 Å². The maximum absolute atomic E-state index is 12.8. The van der Waals surface area contributed by atoms with Gasteiger partial charge < -0.3 is 12.5 Å². The number of hydrogen-bond acceptors (Lipinski definition) is 3. The van der Waals surface area contributed by atoms with E-state index in [1.54, 1.807) is 0 Å². The molecule has 1 radical (unpaired) electrons. The van der Waals surface area contributed by atoms with Gasteiger partial charge in [-0.3, -0.25) is 4.79 Å². The minimum atomic E-state index is -0.269. The molecule has 0 aliphatic heterocycles. The fourth-order valence-electron chi connectivity index (χ4n) is 3.01. The predicted octanol–water partition coefficient (Wildman–Crippen LogP) is 5.86. The van der Waals surface area contributed by atoms with Gasteiger partial charge in [-0.2, -0.15) is 5.10 Å². The SMILES string of the molecule is CC.CCn1nc(CCc2ccc(Cl)cc2)c(O)c(-c2ccccc2C)c1=O.[CH3-].[Y]. The molecule has 0 unspecified atom stereocenters. The van der Waals surface area contributed by atoms with Crippen molar-refractivity contribution in [2.24, 2.45) is 0 Å². The summed E-state index contributed by atoms with van der Waals surface area (Å²) in [4.78, 5) is 12.8. The summed E-state index contributed by atoms with van der Waals surface area (Å²) in [6, 6.07) is 15.2. The van der Waals surface area contributed by atoms with Gasteiger partial charge in [-0.1, -0.05) is 61.8 Å². The molecule has 1 heterocycles. The minimum Gasteiger partial charge on any atom is -0.505 e. The molecule has 0 amide bonds. The average molecular weight is 503 g/mol. The molecule has 159 valence electrons. The molecule has 6 heteroatoms. The molecule has 0 bridgehead atoms. The van der Waals surface area contributed by atoms with Gasteiger partial charge in [0.1, 0.15) is 5.69 Å². The first-order chi connectivity index (χ1) is 13.5. The summed E-state index contributed by atoms with van der Waals surface area (Å²) < 4.78 is 1.42. The minimum absolute atomic E-state index is 0. The van der Waals surface area contributed by atoms with Crippen LogP contribution in [0.3, 0.4) is 0 Å². The van der Waals surface area contributed by atoms with E-state index in [9.17, 15) is 9.90 Å². The summed E-state index contributed by atoms with van der Waals surface area (Å²) in [5.41, 5.74) is 3.37. The van der Waals surface area contributed by atoms with Crippen LogP contribution in [0.2, 0.25) is 5.02 Å². The first-order valence-electron chi connectivity index (χ1n) is 9.64. The summed E-state index contributed by atoms with van der Waals surface area (Å²) in [6.07, 6.45) is 1.24. The topological polar surface area (TPSA) is 55.1 Å². The van der Waals surface area contributed by atoms with Crippen molar-refractivity contribution in [3.8, 4) is 16.9 Å². The normalized spacial score (nSPS) is 9.63. The zero-order chi connectivity index (χ0) is 20.7. The Kier molecular flexibility index (Phi) is 13.1. The third-order valence-corrected chi connectivity index (χ3v) is 4.73. The van der Waals surface area contributed by atoms with Gasteiger partial charge >= 0.3 is 0 Å². The molecule has 0 saturated carbocycles. The van der Waals surface area contributed by atoms with Crippen molar-refractivity contribution < 1.29 is 37.8 Å². The van der Waals surface area contributed by atoms with Crippen molar-refractivity contribution in [3.05, 3.63) is 88.2 Å². The summed E-state index contributed by atoms with van der Waals surface area (Å²) in [5.74, 6) is -0.0250. The average Bonchev–Trinajstić information content (AvgIpc) is 2.71. The molecule has 3 aromatic rings. The summed E-state index contributed by atoms with van der Waals surface area (Å²) >= 11 is 5.92. The van der Waals surface area contributed by atoms with E-state index in [1.807, 2.05) is 76.2 Å². The molecule has 0 aliphatic rings. The molecule has 1 N–H and O–H groups in total. The van der Waals surface area contributed by atoms with E-state index in [2.05, 4.69) is 5.10 Å². The number of aryl methyl sites for hydroxylation is 4. The van der Waals surface area contributed by atoms with Gasteiger partial charge in [0.25, 0.3) is 5.56 Å². The van der Waals surface area contributed by atoms with Gasteiger partial charge in [-0.25, -0.2) is 4.68 Å². The first-order valence-corrected chi connectivity index (χ1v) is 10.0. The molecule has 0 aliphatic carbocycles. The van der Waals surface area contributed by atoms with E-state index < -0.39 is 0 Å². The zero-order valence-electron chi connectivity index (χ0n) is 18.4. The van der Waals surface area contributed by atoms with Crippen LogP contribution in [0.5, 0.6) is 5.75 Å². The largest absolute Gasteiger partial charge is 0.505 e. The smallest absolute Gasteiger partial charge is 0.278 e. The zero-order valence-corrected chi connectivity index (χ0v) is 22.0. The van der Waals surface area contributed by atoms with E-state index in [0.717, 1.165) is 16.7 Å². The van der Waals surface area contributed by atoms with Crippen LogP contribution < -0.4 is 5.56 Å². The second-order valence-corrected chi connectivity index (χ2v) is 6.67. The van der Waals surface area contributed by atoms with E-state index in [4.69, 9.17) is 11.6 Å². The Labute approximate surface area is 210 Å². The van der Waals surface area contributed by atoms with Crippen LogP contribution in [0.1, 0.15) is 37.6 Å². The molecule has 2 aromatic carbocycles. The maximum Gasteiger partial charge on any atom is 0.278 e. The molecule has 0 spiro atoms. The molecule has 0 fully saturated rings. The number of nitrogens with zero attached hydrogens (tertiary/aromatic N) is 2. The van der Waals surface area contributed by atoms with Gasteiger partial charge in [0, 0.05) is 44.3 Å². The maximum atomic E-state index is 12.8. The van der Waals surface area contributed by atoms with Crippen LogP contribution in [-0.4, -0.2) is 14.9 Å². The Balaban J connectivity index is 0.00000204. The van der Waals surface area contributed by atoms with E-state index in [1.165, 1.54) is 4.68 Å². The number of benzene rings is 2. The van der Waals surface area contributed by atoms with E-state index >= 15 is 0 Å². The standard InChI is InChI=1S/C21H21ClN2O2.C2H6.CH3.Y/c1-3-24-21(26)19(17-7-5-4-6-14(17)2)20(25)18(23-24)13-10-15-8-11-16(22)12-9-15;1-2;;/h4-9,11-12,25H,3,10,13H2,1-2H3;1-2H3;1H3;/q;;-1;. The van der Waals surface area contributed by atoms with Crippen LogP contribution in [0.15, 0.2) is 53.3 Å². The van der Waals surface area contributed by atoms with Gasteiger partial charge in [-0.05, 0) is 55.5 Å². The monoisotopic (exact) mass is 502 g/mol. The fraction of sp³-hybridized carbons (Fsp3) is 0.292. The molecule has 0 saturated heterocycles. The second-order valence-electron chi connectivity index (χ2n) is 6.23. The fourth-order valence-corrected chi connectivity index (χ4v) is 3.13. The van der Waals surface area contributed by atoms with E-state index in [-0.39, 0.29) is 51.4 Å². The van der Waals surface area contributed by atoms with Crippen molar-refractivity contribution in [2.75, 3.05) is 0 Å². The second kappa shape index (κ2) is 13.7. The molecule has 0 atom stereocenters. The Bertz CT molecular complexity index is 985. The van der Waals surface area contributed by atoms with Crippen LogP contribution >= 0.6 is 11.6 Å². The van der Waals surface area contributed by atoms with Crippen molar-refractivity contribution in [1.82, 2.24) is 9.78 Å². The third kappa shape index (κ3) is 6.76. The number of aromatic nitrogens is 2. The Morgan fingerprint density at radius 3 is 2.20 bits per heavy atom. The van der Waals surface area contributed by atoms with Crippen LogP contribution in [-0.2, 0) is 52.1 Å². The van der Waals surface area contributed by atoms with Gasteiger partial charge in [-0.15, -0.1) is 0 Å². The van der Waals surface area contributed by atoms with Crippen molar-refractivity contribution in [2.45, 2.75) is 47.1 Å². The number of hydrogen-bond donors (Lipinski definition) is 1. The Morgan fingerprint density at radius 1 is 1.03 bits per heavy atom. The summed E-state index contributed by atoms with van der Waals surface area (Å²) in [6.45, 7) is 8.25. The van der Waals surface area contributed by atoms with E-state index in [0.29, 0.717) is 35.7 Å². The molecular formula is C24H30ClN2O2Y-. The molecule has 1 aromatic heterocycles. The summed E-state index contributed by atoms with van der Waals surface area (Å²) in [7, 11) is 0. The number of halogens is 1. The molecule has 4 nitrogen and oxygen atoms in total. The number of aromatic hydroxyl groups is 1. The van der Waals surface area contributed by atoms with Crippen molar-refractivity contribution in [1.29, 1.82) is 0 Å². The van der Waals surface area contributed by atoms with Crippen LogP contribution in [0.25, 0.3) is 11.1 Å². The third-order valence-electron chi connectivity index (χ3n) is 4.48.